The summed E-state index contributed by atoms with van der Waals surface area (Å²) >= 11 is 0. The molecule has 0 amide bonds. The number of rotatable bonds is 7. The molecule has 1 N–H and O–H groups in total. The molecular formula is C26H31NO. The van der Waals surface area contributed by atoms with Crippen LogP contribution in [-0.4, -0.2) is 7.11 Å². The molecular weight excluding hydrogens is 342 g/mol. The Kier molecular flexibility index (Phi) is 7.13. The van der Waals surface area contributed by atoms with Crippen molar-refractivity contribution in [2.75, 3.05) is 7.11 Å². The van der Waals surface area contributed by atoms with Crippen LogP contribution in [0.25, 0.3) is 0 Å². The van der Waals surface area contributed by atoms with Crippen LogP contribution in [0, 0.1) is 0 Å². The number of benzene rings is 1. The lowest BCUT2D eigenvalue weighted by molar-refractivity contribution is 0.285. The Hall–Kier alpha value is -2.74. The molecule has 0 bridgehead atoms. The third-order valence-corrected chi connectivity index (χ3v) is 5.14. The van der Waals surface area contributed by atoms with Gasteiger partial charge in [0.25, 0.3) is 0 Å². The first-order valence-corrected chi connectivity index (χ1v) is 10.2. The van der Waals surface area contributed by atoms with E-state index < -0.39 is 0 Å². The smallest absolute Gasteiger partial charge is 0.0995 e. The van der Waals surface area contributed by atoms with Crippen molar-refractivity contribution in [3.05, 3.63) is 107 Å². The predicted molar refractivity (Wildman–Crippen MR) is 119 cm³/mol. The van der Waals surface area contributed by atoms with Gasteiger partial charge >= 0.3 is 0 Å². The molecule has 2 aliphatic rings. The van der Waals surface area contributed by atoms with Gasteiger partial charge in [0.05, 0.1) is 18.9 Å². The summed E-state index contributed by atoms with van der Waals surface area (Å²) in [7, 11) is 1.74. The number of hydrogen-bond acceptors (Lipinski definition) is 2. The van der Waals surface area contributed by atoms with E-state index in [1.54, 1.807) is 7.11 Å². The van der Waals surface area contributed by atoms with E-state index in [0.717, 1.165) is 31.4 Å². The van der Waals surface area contributed by atoms with Crippen molar-refractivity contribution in [3.63, 3.8) is 0 Å². The van der Waals surface area contributed by atoms with Crippen molar-refractivity contribution in [1.82, 2.24) is 5.32 Å². The summed E-state index contributed by atoms with van der Waals surface area (Å²) in [6.07, 6.45) is 19.5. The third kappa shape index (κ3) is 5.39. The monoisotopic (exact) mass is 373 g/mol. The van der Waals surface area contributed by atoms with Crippen LogP contribution in [0.2, 0.25) is 0 Å². The molecule has 2 heteroatoms. The normalized spacial score (nSPS) is 17.9. The zero-order valence-electron chi connectivity index (χ0n) is 17.2. The first-order chi connectivity index (χ1) is 13.7. The van der Waals surface area contributed by atoms with E-state index in [0.29, 0.717) is 6.04 Å². The Labute approximate surface area is 169 Å². The minimum Gasteiger partial charge on any atom is -0.501 e. The van der Waals surface area contributed by atoms with Crippen molar-refractivity contribution in [1.29, 1.82) is 0 Å². The molecule has 2 aliphatic carbocycles. The van der Waals surface area contributed by atoms with Gasteiger partial charge in [0.1, 0.15) is 0 Å². The molecule has 146 valence electrons. The van der Waals surface area contributed by atoms with Crippen LogP contribution in [0.3, 0.4) is 0 Å². The molecule has 3 rings (SSSR count). The summed E-state index contributed by atoms with van der Waals surface area (Å²) in [6.45, 7) is 4.37. The van der Waals surface area contributed by atoms with Crippen LogP contribution in [0.4, 0.5) is 0 Å². The minimum absolute atomic E-state index is 0.355. The summed E-state index contributed by atoms with van der Waals surface area (Å²) in [4.78, 5) is 0. The van der Waals surface area contributed by atoms with Crippen LogP contribution >= 0.6 is 0 Å². The number of methoxy groups -OCH3 is 1. The van der Waals surface area contributed by atoms with Gasteiger partial charge in [-0.15, -0.1) is 0 Å². The van der Waals surface area contributed by atoms with E-state index >= 15 is 0 Å². The second-order valence-corrected chi connectivity index (χ2v) is 7.38. The Morgan fingerprint density at radius 3 is 2.57 bits per heavy atom. The number of hydrogen-bond donors (Lipinski definition) is 1. The van der Waals surface area contributed by atoms with Gasteiger partial charge in [-0.1, -0.05) is 74.1 Å². The van der Waals surface area contributed by atoms with E-state index in [2.05, 4.69) is 92.0 Å². The lowest BCUT2D eigenvalue weighted by Gasteiger charge is -2.21. The molecule has 2 nitrogen and oxygen atoms in total. The Balaban J connectivity index is 1.72. The fourth-order valence-corrected chi connectivity index (χ4v) is 3.68. The highest BCUT2D eigenvalue weighted by molar-refractivity contribution is 5.52. The Bertz CT molecular complexity index is 850. The lowest BCUT2D eigenvalue weighted by Crippen LogP contribution is -2.20. The molecule has 1 unspecified atom stereocenters. The van der Waals surface area contributed by atoms with Crippen molar-refractivity contribution in [2.24, 2.45) is 0 Å². The van der Waals surface area contributed by atoms with Crippen molar-refractivity contribution in [2.45, 2.75) is 45.6 Å². The van der Waals surface area contributed by atoms with Gasteiger partial charge in [-0.05, 0) is 47.8 Å². The maximum atomic E-state index is 5.45. The molecule has 0 radical (unpaired) electrons. The molecule has 0 spiro atoms. The Morgan fingerprint density at radius 1 is 1.04 bits per heavy atom. The third-order valence-electron chi connectivity index (χ3n) is 5.14. The topological polar surface area (TPSA) is 21.3 Å². The molecule has 1 aromatic rings. The van der Waals surface area contributed by atoms with E-state index in [9.17, 15) is 0 Å². The number of allylic oxidation sites excluding steroid dienone is 10. The van der Waals surface area contributed by atoms with Gasteiger partial charge in [0.2, 0.25) is 0 Å². The van der Waals surface area contributed by atoms with Gasteiger partial charge in [-0.2, -0.15) is 0 Å². The standard InChI is InChI=1S/C26H31NO/c1-4-9-26(22-10-6-5-7-11-22)27-24-13-8-12-21(14-16-24)23-15-17-25(28-3)19-20(2)18-23/h5-8,10-15,18-19,26-27H,4,9,16-17H2,1-3H3. The van der Waals surface area contributed by atoms with Crippen LogP contribution < -0.4 is 5.32 Å². The SMILES string of the molecule is CCCC(NC1=CC=CC(C2=CCC(OC)=CC(C)=C2)=CC1)c1ccccc1. The first kappa shape index (κ1) is 20.0. The minimum atomic E-state index is 0.355. The zero-order valence-corrected chi connectivity index (χ0v) is 17.2. The van der Waals surface area contributed by atoms with Crippen LogP contribution in [0.5, 0.6) is 0 Å². The summed E-state index contributed by atoms with van der Waals surface area (Å²) in [5.41, 5.74) is 6.37. The fraction of sp³-hybridized carbons (Fsp3) is 0.308. The Morgan fingerprint density at radius 2 is 1.82 bits per heavy atom. The zero-order chi connectivity index (χ0) is 19.8. The molecule has 0 aromatic heterocycles. The summed E-state index contributed by atoms with van der Waals surface area (Å²) < 4.78 is 5.45. The van der Waals surface area contributed by atoms with Gasteiger partial charge in [-0.3, -0.25) is 0 Å². The van der Waals surface area contributed by atoms with Crippen molar-refractivity contribution >= 4 is 0 Å². The molecule has 28 heavy (non-hydrogen) atoms. The molecule has 0 saturated heterocycles. The quantitative estimate of drug-likeness (QED) is 0.574. The highest BCUT2D eigenvalue weighted by atomic mass is 16.5. The van der Waals surface area contributed by atoms with Crippen molar-refractivity contribution in [3.8, 4) is 0 Å². The first-order valence-electron chi connectivity index (χ1n) is 10.2. The second kappa shape index (κ2) is 9.98. The molecule has 0 fully saturated rings. The number of ether oxygens (including phenoxy) is 1. The van der Waals surface area contributed by atoms with Crippen LogP contribution in [0.1, 0.15) is 51.1 Å². The molecule has 0 aliphatic heterocycles. The van der Waals surface area contributed by atoms with E-state index in [-0.39, 0.29) is 0 Å². The average Bonchev–Trinajstić information content (AvgIpc) is 3.06. The second-order valence-electron chi connectivity index (χ2n) is 7.38. The highest BCUT2D eigenvalue weighted by Crippen LogP contribution is 2.26. The summed E-state index contributed by atoms with van der Waals surface area (Å²) in [5, 5.41) is 3.77. The lowest BCUT2D eigenvalue weighted by atomic mass is 10.0. The molecule has 0 saturated carbocycles. The van der Waals surface area contributed by atoms with Gasteiger partial charge in [0.15, 0.2) is 0 Å². The van der Waals surface area contributed by atoms with E-state index in [1.807, 2.05) is 0 Å². The molecule has 1 atom stereocenters. The summed E-state index contributed by atoms with van der Waals surface area (Å²) in [6, 6.07) is 11.1. The van der Waals surface area contributed by atoms with Gasteiger partial charge in [-0.25, -0.2) is 0 Å². The van der Waals surface area contributed by atoms with Gasteiger partial charge in [0, 0.05) is 18.5 Å². The highest BCUT2D eigenvalue weighted by Gasteiger charge is 2.12. The maximum absolute atomic E-state index is 5.45. The van der Waals surface area contributed by atoms with E-state index in [4.69, 9.17) is 4.74 Å². The fourth-order valence-electron chi connectivity index (χ4n) is 3.68. The number of nitrogens with one attached hydrogen (secondary N) is 1. The molecule has 0 heterocycles. The van der Waals surface area contributed by atoms with E-state index in [1.165, 1.54) is 28.0 Å². The molecule has 1 aromatic carbocycles. The summed E-state index contributed by atoms with van der Waals surface area (Å²) in [5.74, 6) is 1.01. The average molecular weight is 374 g/mol. The van der Waals surface area contributed by atoms with Gasteiger partial charge < -0.3 is 10.1 Å². The maximum Gasteiger partial charge on any atom is 0.0995 e. The predicted octanol–water partition coefficient (Wildman–Crippen LogP) is 6.69. The largest absolute Gasteiger partial charge is 0.501 e. The van der Waals surface area contributed by atoms with Crippen LogP contribution in [0.15, 0.2) is 101 Å². The van der Waals surface area contributed by atoms with Crippen molar-refractivity contribution < 1.29 is 4.74 Å². The van der Waals surface area contributed by atoms with Crippen LogP contribution in [-0.2, 0) is 4.74 Å².